The lowest BCUT2D eigenvalue weighted by Gasteiger charge is -2.17. The molecule has 2 unspecified atom stereocenters. The molecule has 2 rings (SSSR count). The number of hydrogen-bond donors (Lipinski definition) is 1. The lowest BCUT2D eigenvalue weighted by atomic mass is 9.96. The van der Waals surface area contributed by atoms with Crippen molar-refractivity contribution in [2.75, 3.05) is 13.7 Å². The highest BCUT2D eigenvalue weighted by Gasteiger charge is 2.37. The maximum atomic E-state index is 11.0. The second kappa shape index (κ2) is 4.63. The highest BCUT2D eigenvalue weighted by Crippen LogP contribution is 2.31. The van der Waals surface area contributed by atoms with Gasteiger partial charge in [-0.05, 0) is 12.0 Å². The molecule has 1 aromatic rings. The van der Waals surface area contributed by atoms with E-state index in [2.05, 4.69) is 0 Å². The molecule has 4 nitrogen and oxygen atoms in total. The fourth-order valence-electron chi connectivity index (χ4n) is 2.20. The first-order chi connectivity index (χ1) is 7.72. The summed E-state index contributed by atoms with van der Waals surface area (Å²) in [6, 6.07) is 9.43. The molecule has 86 valence electrons. The van der Waals surface area contributed by atoms with Gasteiger partial charge < -0.3 is 9.94 Å². The topological polar surface area (TPSA) is 49.8 Å². The van der Waals surface area contributed by atoms with Crippen molar-refractivity contribution in [1.29, 1.82) is 0 Å². The van der Waals surface area contributed by atoms with Crippen molar-refractivity contribution in [2.24, 2.45) is 0 Å². The number of aliphatic carboxylic acids is 1. The summed E-state index contributed by atoms with van der Waals surface area (Å²) in [5.74, 6) is -0.581. The molecular formula is C12H15NO3. The van der Waals surface area contributed by atoms with Gasteiger partial charge >= 0.3 is 5.97 Å². The molecular weight excluding hydrogens is 206 g/mol. The molecule has 0 aromatic heterocycles. The van der Waals surface area contributed by atoms with E-state index in [1.54, 1.807) is 5.06 Å². The van der Waals surface area contributed by atoms with Gasteiger partial charge in [-0.15, -0.1) is 0 Å². The zero-order valence-corrected chi connectivity index (χ0v) is 9.17. The van der Waals surface area contributed by atoms with Crippen LogP contribution >= 0.6 is 0 Å². The molecule has 0 aliphatic carbocycles. The number of carboxylic acid groups (broad SMARTS) is 1. The Labute approximate surface area is 94.4 Å². The van der Waals surface area contributed by atoms with Crippen LogP contribution in [0, 0.1) is 0 Å². The number of hydroxylamine groups is 2. The molecule has 1 aliphatic rings. The standard InChI is InChI=1S/C12H15NO3/c1-16-13-8-10(7-11(13)12(14)15)9-5-3-2-4-6-9/h2-6,10-11H,7-8H2,1H3,(H,14,15). The molecule has 1 N–H and O–H groups in total. The predicted molar refractivity (Wildman–Crippen MR) is 58.9 cm³/mol. The molecule has 1 aliphatic heterocycles. The summed E-state index contributed by atoms with van der Waals surface area (Å²) >= 11 is 0. The van der Waals surface area contributed by atoms with Gasteiger partial charge in [-0.2, -0.15) is 5.06 Å². The minimum Gasteiger partial charge on any atom is -0.480 e. The highest BCUT2D eigenvalue weighted by molar-refractivity contribution is 5.73. The summed E-state index contributed by atoms with van der Waals surface area (Å²) < 4.78 is 0. The summed E-state index contributed by atoms with van der Waals surface area (Å²) in [6.07, 6.45) is 0.604. The SMILES string of the molecule is CON1CC(c2ccccc2)CC1C(=O)O. The molecule has 0 bridgehead atoms. The summed E-state index contributed by atoms with van der Waals surface area (Å²) in [4.78, 5) is 16.1. The van der Waals surface area contributed by atoms with Gasteiger partial charge in [-0.25, -0.2) is 0 Å². The Kier molecular flexibility index (Phi) is 3.22. The molecule has 0 saturated carbocycles. The Balaban J connectivity index is 2.14. The van der Waals surface area contributed by atoms with E-state index in [1.807, 2.05) is 30.3 Å². The van der Waals surface area contributed by atoms with Gasteiger partial charge in [0.15, 0.2) is 0 Å². The van der Waals surface area contributed by atoms with Crippen LogP contribution in [0.25, 0.3) is 0 Å². The van der Waals surface area contributed by atoms with E-state index in [9.17, 15) is 4.79 Å². The van der Waals surface area contributed by atoms with Crippen LogP contribution in [-0.2, 0) is 9.63 Å². The van der Waals surface area contributed by atoms with Crippen molar-refractivity contribution >= 4 is 5.97 Å². The van der Waals surface area contributed by atoms with Gasteiger partial charge in [0.1, 0.15) is 6.04 Å². The van der Waals surface area contributed by atoms with Crippen LogP contribution in [0.5, 0.6) is 0 Å². The molecule has 0 amide bonds. The average Bonchev–Trinajstić information content (AvgIpc) is 2.74. The Bertz CT molecular complexity index is 366. The van der Waals surface area contributed by atoms with Gasteiger partial charge in [-0.3, -0.25) is 4.79 Å². The first-order valence-electron chi connectivity index (χ1n) is 5.31. The van der Waals surface area contributed by atoms with Crippen LogP contribution in [0.2, 0.25) is 0 Å². The van der Waals surface area contributed by atoms with E-state index in [0.29, 0.717) is 13.0 Å². The van der Waals surface area contributed by atoms with Crippen molar-refractivity contribution in [1.82, 2.24) is 5.06 Å². The molecule has 16 heavy (non-hydrogen) atoms. The first-order valence-corrected chi connectivity index (χ1v) is 5.31. The van der Waals surface area contributed by atoms with E-state index in [4.69, 9.17) is 9.94 Å². The van der Waals surface area contributed by atoms with Crippen molar-refractivity contribution in [2.45, 2.75) is 18.4 Å². The van der Waals surface area contributed by atoms with Crippen molar-refractivity contribution in [3.05, 3.63) is 35.9 Å². The second-order valence-corrected chi connectivity index (χ2v) is 3.98. The molecule has 0 radical (unpaired) electrons. The van der Waals surface area contributed by atoms with Crippen molar-refractivity contribution in [3.8, 4) is 0 Å². The molecule has 1 fully saturated rings. The van der Waals surface area contributed by atoms with Gasteiger partial charge in [-0.1, -0.05) is 30.3 Å². The van der Waals surface area contributed by atoms with Crippen LogP contribution < -0.4 is 0 Å². The summed E-state index contributed by atoms with van der Waals surface area (Å²) in [6.45, 7) is 0.636. The zero-order chi connectivity index (χ0) is 11.5. The number of benzene rings is 1. The van der Waals surface area contributed by atoms with E-state index in [1.165, 1.54) is 12.7 Å². The fraction of sp³-hybridized carbons (Fsp3) is 0.417. The predicted octanol–water partition coefficient (Wildman–Crippen LogP) is 1.49. The van der Waals surface area contributed by atoms with E-state index >= 15 is 0 Å². The van der Waals surface area contributed by atoms with Gasteiger partial charge in [0.2, 0.25) is 0 Å². The van der Waals surface area contributed by atoms with Gasteiger partial charge in [0, 0.05) is 12.5 Å². The third-order valence-electron chi connectivity index (χ3n) is 3.05. The lowest BCUT2D eigenvalue weighted by molar-refractivity contribution is -0.172. The summed E-state index contributed by atoms with van der Waals surface area (Å²) in [5, 5.41) is 10.6. The quantitative estimate of drug-likeness (QED) is 0.840. The number of carboxylic acids is 1. The Morgan fingerprint density at radius 2 is 2.12 bits per heavy atom. The zero-order valence-electron chi connectivity index (χ0n) is 9.17. The maximum absolute atomic E-state index is 11.0. The molecule has 4 heteroatoms. The van der Waals surface area contributed by atoms with E-state index < -0.39 is 12.0 Å². The van der Waals surface area contributed by atoms with Crippen molar-refractivity contribution in [3.63, 3.8) is 0 Å². The minimum absolute atomic E-state index is 0.238. The monoisotopic (exact) mass is 221 g/mol. The third kappa shape index (κ3) is 2.08. The first kappa shape index (κ1) is 11.1. The highest BCUT2D eigenvalue weighted by atomic mass is 16.7. The van der Waals surface area contributed by atoms with Crippen LogP contribution in [0.4, 0.5) is 0 Å². The maximum Gasteiger partial charge on any atom is 0.323 e. The summed E-state index contributed by atoms with van der Waals surface area (Å²) in [5.41, 5.74) is 1.17. The third-order valence-corrected chi connectivity index (χ3v) is 3.05. The normalized spacial score (nSPS) is 25.8. The molecule has 1 aromatic carbocycles. The minimum atomic E-state index is -0.819. The van der Waals surface area contributed by atoms with E-state index in [-0.39, 0.29) is 5.92 Å². The number of hydrogen-bond acceptors (Lipinski definition) is 3. The van der Waals surface area contributed by atoms with Gasteiger partial charge in [0.25, 0.3) is 0 Å². The smallest absolute Gasteiger partial charge is 0.323 e. The van der Waals surface area contributed by atoms with Crippen LogP contribution in [0.15, 0.2) is 30.3 Å². The molecule has 0 spiro atoms. The van der Waals surface area contributed by atoms with Crippen LogP contribution in [0.3, 0.4) is 0 Å². The number of carbonyl (C=O) groups is 1. The Morgan fingerprint density at radius 3 is 2.62 bits per heavy atom. The van der Waals surface area contributed by atoms with E-state index in [0.717, 1.165) is 0 Å². The average molecular weight is 221 g/mol. The molecule has 1 heterocycles. The largest absolute Gasteiger partial charge is 0.480 e. The van der Waals surface area contributed by atoms with Crippen LogP contribution in [0.1, 0.15) is 17.9 Å². The van der Waals surface area contributed by atoms with Crippen molar-refractivity contribution < 1.29 is 14.7 Å². The Hall–Kier alpha value is -1.39. The molecule has 1 saturated heterocycles. The van der Waals surface area contributed by atoms with Crippen LogP contribution in [-0.4, -0.2) is 35.8 Å². The van der Waals surface area contributed by atoms with Gasteiger partial charge in [0.05, 0.1) is 7.11 Å². The fourth-order valence-corrected chi connectivity index (χ4v) is 2.20. The lowest BCUT2D eigenvalue weighted by Crippen LogP contribution is -2.34. The number of nitrogens with zero attached hydrogens (tertiary/aromatic N) is 1. The summed E-state index contributed by atoms with van der Waals surface area (Å²) in [7, 11) is 1.52. The Morgan fingerprint density at radius 1 is 1.44 bits per heavy atom. The second-order valence-electron chi connectivity index (χ2n) is 3.98. The molecule has 2 atom stereocenters. The number of rotatable bonds is 3.